The molecule has 37 heavy (non-hydrogen) atoms. The van der Waals surface area contributed by atoms with Gasteiger partial charge in [0.15, 0.2) is 0 Å². The first-order chi connectivity index (χ1) is 17.7. The van der Waals surface area contributed by atoms with Crippen LogP contribution in [0.3, 0.4) is 0 Å². The summed E-state index contributed by atoms with van der Waals surface area (Å²) in [6.45, 7) is 9.97. The highest BCUT2D eigenvalue weighted by molar-refractivity contribution is 5.69. The molecule has 4 heteroatoms. The molecule has 11 atom stereocenters. The second-order valence-corrected chi connectivity index (χ2v) is 13.8. The Labute approximate surface area is 224 Å². The van der Waals surface area contributed by atoms with Crippen molar-refractivity contribution in [3.8, 4) is 0 Å². The molecule has 206 valence electrons. The van der Waals surface area contributed by atoms with E-state index in [9.17, 15) is 15.0 Å². The summed E-state index contributed by atoms with van der Waals surface area (Å²) in [5.74, 6) is 3.26. The average molecular weight is 511 g/mol. The Morgan fingerprint density at radius 1 is 1.00 bits per heavy atom. The monoisotopic (exact) mass is 510 g/mol. The summed E-state index contributed by atoms with van der Waals surface area (Å²) in [4.78, 5) is 12.5. The molecule has 0 spiro atoms. The number of carbonyl (C=O) groups is 1. The van der Waals surface area contributed by atoms with Gasteiger partial charge in [0.05, 0.1) is 12.2 Å². The van der Waals surface area contributed by atoms with Gasteiger partial charge in [0.2, 0.25) is 0 Å². The quantitative estimate of drug-likeness (QED) is 0.397. The normalized spacial score (nSPS) is 43.8. The van der Waals surface area contributed by atoms with Crippen LogP contribution in [-0.2, 0) is 16.1 Å². The standard InChI is InChI=1S/C33H50O4/c1-5-24-28-19-23(34)15-17-33(28,4)27-16-18-32(3)25(12-13-26(32)30(27)31(24)36)21(2)11-14-29(35)37-20-22-9-7-6-8-10-22/h6-10,21,23-28,30-31,34,36H,5,11-20H2,1-4H3/t21-,23-,24-,25-,26+,27+,28+,30+,31-,32-,33-/m1/s1. The molecule has 0 amide bonds. The number of hydrogen-bond acceptors (Lipinski definition) is 4. The lowest BCUT2D eigenvalue weighted by atomic mass is 9.41. The third-order valence-electron chi connectivity index (χ3n) is 12.2. The lowest BCUT2D eigenvalue weighted by molar-refractivity contribution is -0.203. The van der Waals surface area contributed by atoms with Gasteiger partial charge >= 0.3 is 5.97 Å². The molecule has 4 aliphatic carbocycles. The molecule has 4 fully saturated rings. The van der Waals surface area contributed by atoms with Crippen LogP contribution >= 0.6 is 0 Å². The molecule has 2 N–H and O–H groups in total. The topological polar surface area (TPSA) is 66.8 Å². The molecule has 0 heterocycles. The van der Waals surface area contributed by atoms with Crippen LogP contribution in [0.15, 0.2) is 30.3 Å². The zero-order valence-electron chi connectivity index (χ0n) is 23.6. The van der Waals surface area contributed by atoms with Crippen LogP contribution in [0.4, 0.5) is 0 Å². The molecule has 5 rings (SSSR count). The minimum Gasteiger partial charge on any atom is -0.461 e. The fraction of sp³-hybridized carbons (Fsp3) is 0.788. The van der Waals surface area contributed by atoms with Crippen molar-refractivity contribution in [3.63, 3.8) is 0 Å². The summed E-state index contributed by atoms with van der Waals surface area (Å²) in [6.07, 6.45) is 9.70. The van der Waals surface area contributed by atoms with Crippen molar-refractivity contribution in [2.24, 2.45) is 52.3 Å². The smallest absolute Gasteiger partial charge is 0.306 e. The van der Waals surface area contributed by atoms with E-state index in [0.29, 0.717) is 54.5 Å². The largest absolute Gasteiger partial charge is 0.461 e. The van der Waals surface area contributed by atoms with Crippen LogP contribution < -0.4 is 0 Å². The number of benzene rings is 1. The van der Waals surface area contributed by atoms with Crippen molar-refractivity contribution in [1.82, 2.24) is 0 Å². The summed E-state index contributed by atoms with van der Waals surface area (Å²) >= 11 is 0. The Balaban J connectivity index is 1.25. The van der Waals surface area contributed by atoms with E-state index in [2.05, 4.69) is 27.7 Å². The molecular formula is C33H50O4. The number of aliphatic hydroxyl groups is 2. The van der Waals surface area contributed by atoms with E-state index in [1.807, 2.05) is 30.3 Å². The lowest BCUT2D eigenvalue weighted by Crippen LogP contribution is -2.62. The maximum absolute atomic E-state index is 12.5. The van der Waals surface area contributed by atoms with Crippen molar-refractivity contribution in [1.29, 1.82) is 0 Å². The lowest BCUT2D eigenvalue weighted by Gasteiger charge is -2.64. The maximum Gasteiger partial charge on any atom is 0.306 e. The molecule has 4 nitrogen and oxygen atoms in total. The third-order valence-corrected chi connectivity index (χ3v) is 12.2. The predicted octanol–water partition coefficient (Wildman–Crippen LogP) is 6.77. The number of ether oxygens (including phenoxy) is 1. The highest BCUT2D eigenvalue weighted by atomic mass is 16.5. The zero-order valence-corrected chi connectivity index (χ0v) is 23.6. The predicted molar refractivity (Wildman–Crippen MR) is 146 cm³/mol. The van der Waals surface area contributed by atoms with E-state index >= 15 is 0 Å². The second-order valence-electron chi connectivity index (χ2n) is 13.8. The van der Waals surface area contributed by atoms with Crippen LogP contribution in [0.1, 0.15) is 97.5 Å². The average Bonchev–Trinajstić information content (AvgIpc) is 3.25. The summed E-state index contributed by atoms with van der Waals surface area (Å²) in [7, 11) is 0. The van der Waals surface area contributed by atoms with Gasteiger partial charge in [-0.15, -0.1) is 0 Å². The van der Waals surface area contributed by atoms with Crippen LogP contribution in [0.2, 0.25) is 0 Å². The Hall–Kier alpha value is -1.39. The van der Waals surface area contributed by atoms with Crippen LogP contribution in [-0.4, -0.2) is 28.4 Å². The molecule has 4 saturated carbocycles. The fourth-order valence-electron chi connectivity index (χ4n) is 10.3. The van der Waals surface area contributed by atoms with Gasteiger partial charge in [-0.2, -0.15) is 0 Å². The summed E-state index contributed by atoms with van der Waals surface area (Å²) in [5.41, 5.74) is 1.52. The van der Waals surface area contributed by atoms with E-state index in [4.69, 9.17) is 4.74 Å². The molecule has 0 unspecified atom stereocenters. The van der Waals surface area contributed by atoms with Gasteiger partial charge in [-0.3, -0.25) is 4.79 Å². The molecule has 0 radical (unpaired) electrons. The number of esters is 1. The summed E-state index contributed by atoms with van der Waals surface area (Å²) in [6, 6.07) is 9.91. The van der Waals surface area contributed by atoms with E-state index < -0.39 is 0 Å². The van der Waals surface area contributed by atoms with E-state index in [1.165, 1.54) is 25.7 Å². The molecule has 1 aromatic rings. The minimum atomic E-state index is -0.245. The van der Waals surface area contributed by atoms with Gasteiger partial charge in [-0.1, -0.05) is 64.4 Å². The summed E-state index contributed by atoms with van der Waals surface area (Å²) < 4.78 is 5.56. The highest BCUT2D eigenvalue weighted by Gasteiger charge is 2.64. The van der Waals surface area contributed by atoms with Gasteiger partial charge in [0, 0.05) is 6.42 Å². The summed E-state index contributed by atoms with van der Waals surface area (Å²) in [5, 5.41) is 22.4. The number of carbonyl (C=O) groups excluding carboxylic acids is 1. The first kappa shape index (κ1) is 27.2. The van der Waals surface area contributed by atoms with Crippen LogP contribution in [0.25, 0.3) is 0 Å². The van der Waals surface area contributed by atoms with E-state index in [0.717, 1.165) is 37.7 Å². The Kier molecular flexibility index (Phi) is 7.82. The number of hydrogen-bond donors (Lipinski definition) is 2. The second kappa shape index (κ2) is 10.6. The van der Waals surface area contributed by atoms with Crippen molar-refractivity contribution >= 4 is 5.97 Å². The number of fused-ring (bicyclic) bond motifs is 5. The molecule has 4 aliphatic rings. The van der Waals surface area contributed by atoms with Gasteiger partial charge in [0.1, 0.15) is 6.61 Å². The Bertz CT molecular complexity index is 932. The Morgan fingerprint density at radius 2 is 1.70 bits per heavy atom. The van der Waals surface area contributed by atoms with Gasteiger partial charge < -0.3 is 14.9 Å². The van der Waals surface area contributed by atoms with E-state index in [-0.39, 0.29) is 29.0 Å². The molecule has 0 aromatic heterocycles. The van der Waals surface area contributed by atoms with Crippen molar-refractivity contribution in [2.75, 3.05) is 0 Å². The van der Waals surface area contributed by atoms with Crippen molar-refractivity contribution in [3.05, 3.63) is 35.9 Å². The van der Waals surface area contributed by atoms with E-state index in [1.54, 1.807) is 0 Å². The number of rotatable bonds is 7. The first-order valence-electron chi connectivity index (χ1n) is 15.2. The van der Waals surface area contributed by atoms with Crippen molar-refractivity contribution in [2.45, 2.75) is 111 Å². The third kappa shape index (κ3) is 4.80. The maximum atomic E-state index is 12.5. The van der Waals surface area contributed by atoms with Gasteiger partial charge in [-0.05, 0) is 109 Å². The zero-order chi connectivity index (χ0) is 26.4. The fourth-order valence-corrected chi connectivity index (χ4v) is 10.3. The Morgan fingerprint density at radius 3 is 2.43 bits per heavy atom. The molecule has 0 aliphatic heterocycles. The molecular weight excluding hydrogens is 460 g/mol. The molecule has 0 bridgehead atoms. The highest BCUT2D eigenvalue weighted by Crippen LogP contribution is 2.69. The molecule has 0 saturated heterocycles. The minimum absolute atomic E-state index is 0.0916. The van der Waals surface area contributed by atoms with Crippen molar-refractivity contribution < 1.29 is 19.7 Å². The van der Waals surface area contributed by atoms with Gasteiger partial charge in [0.25, 0.3) is 0 Å². The van der Waals surface area contributed by atoms with Crippen LogP contribution in [0, 0.1) is 52.3 Å². The van der Waals surface area contributed by atoms with Gasteiger partial charge in [-0.25, -0.2) is 0 Å². The molecule has 1 aromatic carbocycles. The number of aliphatic hydroxyl groups excluding tert-OH is 2. The first-order valence-corrected chi connectivity index (χ1v) is 15.2. The van der Waals surface area contributed by atoms with Crippen LogP contribution in [0.5, 0.6) is 0 Å². The SMILES string of the molecule is CC[C@H]1[C@@H](O)[C@@H]2[C@H](CC[C@]3(C)[C@@H]([C@H](C)CCC(=O)OCc4ccccc4)CC[C@@H]23)[C@@]2(C)CC[C@@H](O)C[C@@H]12.